The minimum atomic E-state index is -4.54. The fourth-order valence-corrected chi connectivity index (χ4v) is 7.54. The number of amides is 4. The first-order valence-electron chi connectivity index (χ1n) is 17.1. The number of nitrogens with zero attached hydrogens (tertiary/aromatic N) is 8. The Morgan fingerprint density at radius 3 is 1.29 bits per heavy atom. The predicted molar refractivity (Wildman–Crippen MR) is 176 cm³/mol. The van der Waals surface area contributed by atoms with Crippen LogP contribution in [0.2, 0.25) is 0 Å². The molecule has 0 bridgehead atoms. The Morgan fingerprint density at radius 2 is 0.923 bits per heavy atom. The van der Waals surface area contributed by atoms with Gasteiger partial charge in [0.05, 0.1) is 47.9 Å². The average Bonchev–Trinajstić information content (AvgIpc) is 3.93. The van der Waals surface area contributed by atoms with Crippen molar-refractivity contribution in [1.29, 1.82) is 0 Å². The fourth-order valence-electron chi connectivity index (χ4n) is 7.54. The van der Waals surface area contributed by atoms with Gasteiger partial charge in [-0.15, -0.1) is 0 Å². The van der Waals surface area contributed by atoms with Gasteiger partial charge in [0, 0.05) is 36.2 Å². The molecule has 10 rings (SSSR count). The van der Waals surface area contributed by atoms with Crippen molar-refractivity contribution in [2.24, 2.45) is 0 Å². The predicted octanol–water partition coefficient (Wildman–Crippen LogP) is 7.92. The van der Waals surface area contributed by atoms with Gasteiger partial charge >= 0.3 is 24.4 Å². The minimum Gasteiger partial charge on any atom is -0.289 e. The van der Waals surface area contributed by atoms with Gasteiger partial charge in [-0.25, -0.2) is 9.59 Å². The van der Waals surface area contributed by atoms with E-state index < -0.39 is 23.7 Å². The molecule has 6 heterocycles. The Morgan fingerprint density at radius 1 is 0.538 bits per heavy atom. The number of aromatic nitrogens is 4. The van der Waals surface area contributed by atoms with E-state index in [-0.39, 0.29) is 47.6 Å². The summed E-state index contributed by atoms with van der Waals surface area (Å²) < 4.78 is 77.8. The van der Waals surface area contributed by atoms with Gasteiger partial charge in [-0.2, -0.15) is 26.3 Å². The number of fused-ring (bicyclic) bond motifs is 2. The number of hydrogen-bond donors (Lipinski definition) is 0. The zero-order valence-electron chi connectivity index (χ0n) is 27.3. The summed E-state index contributed by atoms with van der Waals surface area (Å²) in [6, 6.07) is 7.89. The van der Waals surface area contributed by atoms with E-state index in [9.17, 15) is 35.9 Å². The normalized spacial score (nSPS) is 24.8. The van der Waals surface area contributed by atoms with Crippen LogP contribution in [0.25, 0.3) is 0 Å². The molecular formula is C36H30F6N8O2. The molecule has 52 heavy (non-hydrogen) atoms. The molecule has 0 unspecified atom stereocenters. The molecule has 4 atom stereocenters. The lowest BCUT2D eigenvalue weighted by Crippen LogP contribution is -2.37. The van der Waals surface area contributed by atoms with Crippen LogP contribution in [-0.4, -0.2) is 56.2 Å². The summed E-state index contributed by atoms with van der Waals surface area (Å²) in [5.74, 6) is 0.898. The van der Waals surface area contributed by atoms with E-state index in [1.807, 2.05) is 12.1 Å². The van der Waals surface area contributed by atoms with Crippen LogP contribution in [-0.2, 0) is 12.4 Å². The first kappa shape index (κ1) is 32.6. The Bertz CT molecular complexity index is 1940. The highest BCUT2D eigenvalue weighted by atomic mass is 19.4. The van der Waals surface area contributed by atoms with E-state index in [0.29, 0.717) is 11.8 Å². The second kappa shape index (κ2) is 11.6. The lowest BCUT2D eigenvalue weighted by Gasteiger charge is -2.25. The van der Waals surface area contributed by atoms with E-state index in [1.165, 1.54) is 21.9 Å². The number of pyridine rings is 4. The van der Waals surface area contributed by atoms with Gasteiger partial charge in [-0.3, -0.25) is 39.5 Å². The van der Waals surface area contributed by atoms with Crippen molar-refractivity contribution in [1.82, 2.24) is 19.9 Å². The van der Waals surface area contributed by atoms with Crippen molar-refractivity contribution in [3.8, 4) is 0 Å². The molecule has 10 nitrogen and oxygen atoms in total. The molecule has 4 aromatic rings. The highest BCUT2D eigenvalue weighted by Gasteiger charge is 2.60. The maximum Gasteiger partial charge on any atom is 0.433 e. The monoisotopic (exact) mass is 720 g/mol. The second-order valence-electron chi connectivity index (χ2n) is 14.0. The standard InChI is InChI=1S/2C18H15F3N4O/c2*19-18(20,21)16-7-11(3-6-23-16)24-13-8-14(13)25(17(24)26)15-9-22-5-4-12(15)10-1-2-10/h2*3-7,9-10,13-14H,1-2,8H2/t2*13-,14+/m10/s1. The number of carbonyl (C=O) groups excluding carboxylic acids is 2. The Kier molecular flexibility index (Phi) is 7.29. The van der Waals surface area contributed by atoms with Crippen molar-refractivity contribution >= 4 is 34.8 Å². The lowest BCUT2D eigenvalue weighted by atomic mass is 10.1. The molecule has 4 aromatic heterocycles. The van der Waals surface area contributed by atoms with Crippen LogP contribution in [0.15, 0.2) is 73.6 Å². The fraction of sp³-hybridized carbons (Fsp3) is 0.389. The lowest BCUT2D eigenvalue weighted by molar-refractivity contribution is -0.141. The van der Waals surface area contributed by atoms with Crippen molar-refractivity contribution < 1.29 is 35.9 Å². The Balaban J connectivity index is 0.000000138. The van der Waals surface area contributed by atoms with Gasteiger partial charge in [0.1, 0.15) is 11.4 Å². The third-order valence-electron chi connectivity index (χ3n) is 10.4. The molecule has 6 fully saturated rings. The molecule has 4 amide bonds. The third-order valence-corrected chi connectivity index (χ3v) is 10.4. The molecule has 0 radical (unpaired) electrons. The molecule has 0 aromatic carbocycles. The van der Waals surface area contributed by atoms with Crippen LogP contribution in [0.3, 0.4) is 0 Å². The quantitative estimate of drug-likeness (QED) is 0.188. The Labute approximate surface area is 293 Å². The number of alkyl halides is 6. The number of urea groups is 2. The summed E-state index contributed by atoms with van der Waals surface area (Å²) in [5.41, 5.74) is 2.30. The van der Waals surface area contributed by atoms with Crippen molar-refractivity contribution in [2.75, 3.05) is 19.6 Å². The molecule has 2 aliphatic heterocycles. The van der Waals surface area contributed by atoms with E-state index in [4.69, 9.17) is 0 Å². The van der Waals surface area contributed by atoms with Crippen LogP contribution in [0, 0.1) is 0 Å². The number of hydrogen-bond acceptors (Lipinski definition) is 6. The van der Waals surface area contributed by atoms with E-state index in [0.717, 1.165) is 85.6 Å². The highest BCUT2D eigenvalue weighted by Crippen LogP contribution is 2.52. The highest BCUT2D eigenvalue weighted by molar-refractivity contribution is 6.10. The summed E-state index contributed by atoms with van der Waals surface area (Å²) in [6.45, 7) is 0. The molecule has 2 saturated heterocycles. The number of carbonyl (C=O) groups is 2. The molecule has 268 valence electrons. The molecular weight excluding hydrogens is 690 g/mol. The Hall–Kier alpha value is -5.28. The van der Waals surface area contributed by atoms with Gasteiger partial charge in [-0.1, -0.05) is 0 Å². The molecule has 0 N–H and O–H groups in total. The van der Waals surface area contributed by atoms with Crippen molar-refractivity contribution in [3.63, 3.8) is 0 Å². The van der Waals surface area contributed by atoms with Gasteiger partial charge in [0.2, 0.25) is 0 Å². The molecule has 4 saturated carbocycles. The maximum atomic E-state index is 13.0. The summed E-state index contributed by atoms with van der Waals surface area (Å²) >= 11 is 0. The van der Waals surface area contributed by atoms with Crippen LogP contribution in [0.5, 0.6) is 0 Å². The molecule has 4 aliphatic carbocycles. The van der Waals surface area contributed by atoms with E-state index in [1.54, 1.807) is 34.6 Å². The SMILES string of the molecule is O=C1N(c2ccnc(C(F)(F)F)c2)[C@@H]2C[C@@H]2N1c1cnccc1C1CC1.O=C1N(c2cnccc2C2CC2)[C@@H]2C[C@@H]2N1c1ccnc(C(F)(F)F)c1. The zero-order valence-corrected chi connectivity index (χ0v) is 27.3. The molecule has 6 aliphatic rings. The smallest absolute Gasteiger partial charge is 0.289 e. The topological polar surface area (TPSA) is 98.7 Å². The number of halogens is 6. The first-order valence-corrected chi connectivity index (χ1v) is 17.1. The first-order chi connectivity index (χ1) is 24.9. The average molecular weight is 721 g/mol. The van der Waals surface area contributed by atoms with E-state index >= 15 is 0 Å². The van der Waals surface area contributed by atoms with Crippen molar-refractivity contribution in [3.05, 3.63) is 96.1 Å². The van der Waals surface area contributed by atoms with Crippen LogP contribution in [0.4, 0.5) is 58.7 Å². The summed E-state index contributed by atoms with van der Waals surface area (Å²) in [4.78, 5) is 47.5. The summed E-state index contributed by atoms with van der Waals surface area (Å²) in [5, 5.41) is 0. The van der Waals surface area contributed by atoms with Crippen LogP contribution in [0.1, 0.15) is 72.9 Å². The molecule has 16 heteroatoms. The van der Waals surface area contributed by atoms with Crippen LogP contribution >= 0.6 is 0 Å². The minimum absolute atomic E-state index is 0.00768. The van der Waals surface area contributed by atoms with Gasteiger partial charge < -0.3 is 0 Å². The summed E-state index contributed by atoms with van der Waals surface area (Å²) in [7, 11) is 0. The number of anilines is 4. The maximum absolute atomic E-state index is 13.0. The molecule has 0 spiro atoms. The van der Waals surface area contributed by atoms with Crippen molar-refractivity contribution in [2.45, 2.75) is 86.9 Å². The number of rotatable bonds is 6. The van der Waals surface area contributed by atoms with Gasteiger partial charge in [0.15, 0.2) is 0 Å². The van der Waals surface area contributed by atoms with Gasteiger partial charge in [-0.05, 0) is 97.9 Å². The second-order valence-corrected chi connectivity index (χ2v) is 14.0. The zero-order chi connectivity index (χ0) is 36.1. The van der Waals surface area contributed by atoms with Crippen LogP contribution < -0.4 is 19.6 Å². The largest absolute Gasteiger partial charge is 0.433 e. The summed E-state index contributed by atoms with van der Waals surface area (Å²) in [6.07, 6.45) is 5.82. The van der Waals surface area contributed by atoms with E-state index in [2.05, 4.69) is 19.9 Å². The third kappa shape index (κ3) is 5.68. The van der Waals surface area contributed by atoms with Gasteiger partial charge in [0.25, 0.3) is 0 Å².